The summed E-state index contributed by atoms with van der Waals surface area (Å²) in [7, 11) is 0. The predicted molar refractivity (Wildman–Crippen MR) is 68.1 cm³/mol. The molecule has 0 spiro atoms. The van der Waals surface area contributed by atoms with Gasteiger partial charge in [-0.15, -0.1) is 0 Å². The highest BCUT2D eigenvalue weighted by Gasteiger charge is 2.10. The van der Waals surface area contributed by atoms with Crippen molar-refractivity contribution in [1.82, 2.24) is 4.98 Å². The number of nitrogens with two attached hydrogens (primary N) is 1. The predicted octanol–water partition coefficient (Wildman–Crippen LogP) is 2.30. The molecule has 0 aliphatic heterocycles. The van der Waals surface area contributed by atoms with E-state index in [1.54, 1.807) is 18.3 Å². The summed E-state index contributed by atoms with van der Waals surface area (Å²) in [6.07, 6.45) is 3.85. The molecule has 0 fully saturated rings. The van der Waals surface area contributed by atoms with Gasteiger partial charge in [0.05, 0.1) is 5.69 Å². The Labute approximate surface area is 104 Å². The number of nitrogens with zero attached hydrogens (tertiary/aromatic N) is 1. The second-order valence-electron chi connectivity index (χ2n) is 3.64. The molecule has 0 saturated carbocycles. The van der Waals surface area contributed by atoms with Gasteiger partial charge in [0.15, 0.2) is 0 Å². The van der Waals surface area contributed by atoms with Gasteiger partial charge in [-0.2, -0.15) is 0 Å². The highest BCUT2D eigenvalue weighted by molar-refractivity contribution is 9.10. The summed E-state index contributed by atoms with van der Waals surface area (Å²) in [5.41, 5.74) is 6.47. The van der Waals surface area contributed by atoms with Crippen LogP contribution in [0.4, 0.5) is 5.69 Å². The number of amides is 1. The zero-order valence-electron chi connectivity index (χ0n) is 9.24. The summed E-state index contributed by atoms with van der Waals surface area (Å²) in [6.45, 7) is 2.05. The first-order chi connectivity index (χ1) is 7.63. The summed E-state index contributed by atoms with van der Waals surface area (Å²) < 4.78 is 0.632. The number of pyridine rings is 1. The van der Waals surface area contributed by atoms with Crippen LogP contribution in [0.1, 0.15) is 26.2 Å². The maximum Gasteiger partial charge on any atom is 0.226 e. The van der Waals surface area contributed by atoms with Gasteiger partial charge in [-0.05, 0) is 34.5 Å². The van der Waals surface area contributed by atoms with Gasteiger partial charge in [-0.25, -0.2) is 4.98 Å². The number of nitrogens with one attached hydrogen (secondary N) is 1. The molecular weight excluding hydrogens is 270 g/mol. The van der Waals surface area contributed by atoms with Crippen molar-refractivity contribution in [3.05, 3.63) is 22.9 Å². The highest BCUT2D eigenvalue weighted by atomic mass is 79.9. The molecule has 1 unspecified atom stereocenters. The molecule has 0 aromatic carbocycles. The molecule has 0 aliphatic rings. The van der Waals surface area contributed by atoms with Crippen molar-refractivity contribution in [3.8, 4) is 0 Å². The van der Waals surface area contributed by atoms with E-state index < -0.39 is 0 Å². The molecule has 1 rings (SSSR count). The molecule has 1 amide bonds. The van der Waals surface area contributed by atoms with Crippen LogP contribution in [0.25, 0.3) is 0 Å². The first-order valence-electron chi connectivity index (χ1n) is 5.29. The third-order valence-electron chi connectivity index (χ3n) is 2.14. The minimum absolute atomic E-state index is 0.0690. The fraction of sp³-hybridized carbons (Fsp3) is 0.455. The SMILES string of the molecule is CCCC(N)CC(=O)Nc1cccnc1Br. The number of anilines is 1. The summed E-state index contributed by atoms with van der Waals surface area (Å²) in [4.78, 5) is 15.6. The normalized spacial score (nSPS) is 12.2. The van der Waals surface area contributed by atoms with Crippen molar-refractivity contribution in [1.29, 1.82) is 0 Å². The molecular formula is C11H16BrN3O. The molecule has 88 valence electrons. The lowest BCUT2D eigenvalue weighted by molar-refractivity contribution is -0.116. The maximum atomic E-state index is 11.6. The number of hydrogen-bond donors (Lipinski definition) is 2. The molecule has 1 atom stereocenters. The Kier molecular flexibility index (Phi) is 5.42. The molecule has 0 bridgehead atoms. The van der Waals surface area contributed by atoms with E-state index in [4.69, 9.17) is 5.73 Å². The lowest BCUT2D eigenvalue weighted by Gasteiger charge is -2.10. The molecule has 3 N–H and O–H groups in total. The quantitative estimate of drug-likeness (QED) is 0.816. The third-order valence-corrected chi connectivity index (χ3v) is 2.77. The van der Waals surface area contributed by atoms with Crippen LogP contribution in [-0.4, -0.2) is 16.9 Å². The Morgan fingerprint density at radius 2 is 2.44 bits per heavy atom. The van der Waals surface area contributed by atoms with Crippen LogP contribution in [-0.2, 0) is 4.79 Å². The van der Waals surface area contributed by atoms with E-state index in [2.05, 4.69) is 33.2 Å². The lowest BCUT2D eigenvalue weighted by Crippen LogP contribution is -2.27. The Bertz CT molecular complexity index is 357. The molecule has 16 heavy (non-hydrogen) atoms. The number of rotatable bonds is 5. The molecule has 1 heterocycles. The Balaban J connectivity index is 2.49. The van der Waals surface area contributed by atoms with Gasteiger partial charge in [0.1, 0.15) is 4.60 Å². The average molecular weight is 286 g/mol. The van der Waals surface area contributed by atoms with E-state index >= 15 is 0 Å². The van der Waals surface area contributed by atoms with Crippen molar-refractivity contribution in [3.63, 3.8) is 0 Å². The number of hydrogen-bond acceptors (Lipinski definition) is 3. The molecule has 1 aromatic rings. The van der Waals surface area contributed by atoms with Crippen LogP contribution < -0.4 is 11.1 Å². The molecule has 0 aliphatic carbocycles. The van der Waals surface area contributed by atoms with Crippen LogP contribution in [0.3, 0.4) is 0 Å². The lowest BCUT2D eigenvalue weighted by atomic mass is 10.1. The van der Waals surface area contributed by atoms with Crippen LogP contribution in [0.2, 0.25) is 0 Å². The second kappa shape index (κ2) is 6.60. The highest BCUT2D eigenvalue weighted by Crippen LogP contribution is 2.18. The summed E-state index contributed by atoms with van der Waals surface area (Å²) >= 11 is 3.26. The summed E-state index contributed by atoms with van der Waals surface area (Å²) in [5.74, 6) is -0.0744. The van der Waals surface area contributed by atoms with Gasteiger partial charge in [-0.3, -0.25) is 4.79 Å². The van der Waals surface area contributed by atoms with Gasteiger partial charge in [0, 0.05) is 18.7 Å². The van der Waals surface area contributed by atoms with E-state index in [1.807, 2.05) is 0 Å². The van der Waals surface area contributed by atoms with Gasteiger partial charge in [0.25, 0.3) is 0 Å². The second-order valence-corrected chi connectivity index (χ2v) is 4.39. The monoisotopic (exact) mass is 285 g/mol. The van der Waals surface area contributed by atoms with Gasteiger partial charge in [-0.1, -0.05) is 13.3 Å². The molecule has 4 nitrogen and oxygen atoms in total. The van der Waals surface area contributed by atoms with E-state index in [9.17, 15) is 4.79 Å². The first kappa shape index (κ1) is 13.1. The van der Waals surface area contributed by atoms with Crippen molar-refractivity contribution >= 4 is 27.5 Å². The number of aromatic nitrogens is 1. The molecule has 0 radical (unpaired) electrons. The van der Waals surface area contributed by atoms with E-state index in [-0.39, 0.29) is 11.9 Å². The van der Waals surface area contributed by atoms with E-state index in [0.717, 1.165) is 12.8 Å². The Morgan fingerprint density at radius 3 is 3.06 bits per heavy atom. The Morgan fingerprint density at radius 1 is 1.69 bits per heavy atom. The van der Waals surface area contributed by atoms with Crippen LogP contribution in [0.15, 0.2) is 22.9 Å². The summed E-state index contributed by atoms with van der Waals surface area (Å²) in [6, 6.07) is 3.49. The van der Waals surface area contributed by atoms with Gasteiger partial charge >= 0.3 is 0 Å². The van der Waals surface area contributed by atoms with E-state index in [1.165, 1.54) is 0 Å². The van der Waals surface area contributed by atoms with Crippen LogP contribution >= 0.6 is 15.9 Å². The third kappa shape index (κ3) is 4.28. The topological polar surface area (TPSA) is 68.0 Å². The van der Waals surface area contributed by atoms with Crippen LogP contribution in [0.5, 0.6) is 0 Å². The van der Waals surface area contributed by atoms with Crippen molar-refractivity contribution in [2.24, 2.45) is 5.73 Å². The zero-order chi connectivity index (χ0) is 12.0. The fourth-order valence-electron chi connectivity index (χ4n) is 1.39. The maximum absolute atomic E-state index is 11.6. The average Bonchev–Trinajstić information content (AvgIpc) is 2.21. The number of carbonyl (C=O) groups excluding carboxylic acids is 1. The molecule has 1 aromatic heterocycles. The smallest absolute Gasteiger partial charge is 0.226 e. The minimum atomic E-state index is -0.0744. The largest absolute Gasteiger partial charge is 0.327 e. The van der Waals surface area contributed by atoms with E-state index in [0.29, 0.717) is 16.7 Å². The Hall–Kier alpha value is -0.940. The zero-order valence-corrected chi connectivity index (χ0v) is 10.8. The van der Waals surface area contributed by atoms with Gasteiger partial charge < -0.3 is 11.1 Å². The standard InChI is InChI=1S/C11H16BrN3O/c1-2-4-8(13)7-10(16)15-9-5-3-6-14-11(9)12/h3,5-6,8H,2,4,7,13H2,1H3,(H,15,16). The minimum Gasteiger partial charge on any atom is -0.327 e. The molecule has 0 saturated heterocycles. The van der Waals surface area contributed by atoms with Crippen molar-refractivity contribution in [2.45, 2.75) is 32.2 Å². The van der Waals surface area contributed by atoms with Crippen LogP contribution in [0, 0.1) is 0 Å². The summed E-state index contributed by atoms with van der Waals surface area (Å²) in [5, 5.41) is 2.77. The first-order valence-corrected chi connectivity index (χ1v) is 6.08. The molecule has 5 heteroatoms. The van der Waals surface area contributed by atoms with Gasteiger partial charge in [0.2, 0.25) is 5.91 Å². The number of carbonyl (C=O) groups is 1. The number of halogens is 1. The van der Waals surface area contributed by atoms with Crippen molar-refractivity contribution in [2.75, 3.05) is 5.32 Å². The fourth-order valence-corrected chi connectivity index (χ4v) is 1.74. The van der Waals surface area contributed by atoms with Crippen molar-refractivity contribution < 1.29 is 4.79 Å².